The van der Waals surface area contributed by atoms with Gasteiger partial charge in [0, 0.05) is 17.1 Å². The first-order chi connectivity index (χ1) is 10.2. The highest BCUT2D eigenvalue weighted by Crippen LogP contribution is 2.24. The Bertz CT molecular complexity index is 614. The van der Waals surface area contributed by atoms with Crippen molar-refractivity contribution in [2.75, 3.05) is 7.11 Å². The van der Waals surface area contributed by atoms with E-state index in [0.29, 0.717) is 13.2 Å². The predicted molar refractivity (Wildman–Crippen MR) is 86.0 cm³/mol. The van der Waals surface area contributed by atoms with E-state index in [1.807, 2.05) is 36.4 Å². The summed E-state index contributed by atoms with van der Waals surface area (Å²) in [7, 11) is 1.64. The molecule has 0 aromatic heterocycles. The van der Waals surface area contributed by atoms with Crippen LogP contribution in [-0.4, -0.2) is 7.11 Å². The molecule has 0 fully saturated rings. The SMILES string of the molecule is CCc1cc(OCc2ccc(CN)c(OC)c2)ccc1Cl. The predicted octanol–water partition coefficient (Wildman–Crippen LogP) is 3.95. The van der Waals surface area contributed by atoms with Crippen LogP contribution >= 0.6 is 11.6 Å². The van der Waals surface area contributed by atoms with Gasteiger partial charge >= 0.3 is 0 Å². The zero-order valence-corrected chi connectivity index (χ0v) is 13.1. The summed E-state index contributed by atoms with van der Waals surface area (Å²) < 4.78 is 11.1. The van der Waals surface area contributed by atoms with Crippen molar-refractivity contribution < 1.29 is 9.47 Å². The van der Waals surface area contributed by atoms with Crippen molar-refractivity contribution in [3.8, 4) is 11.5 Å². The van der Waals surface area contributed by atoms with Crippen LogP contribution in [0.25, 0.3) is 0 Å². The molecule has 0 amide bonds. The maximum Gasteiger partial charge on any atom is 0.123 e. The summed E-state index contributed by atoms with van der Waals surface area (Å²) in [6.45, 7) is 3.01. The molecule has 0 radical (unpaired) electrons. The maximum atomic E-state index is 6.10. The second-order valence-electron chi connectivity index (χ2n) is 4.75. The highest BCUT2D eigenvalue weighted by Gasteiger charge is 2.05. The molecule has 21 heavy (non-hydrogen) atoms. The van der Waals surface area contributed by atoms with E-state index in [1.165, 1.54) is 0 Å². The van der Waals surface area contributed by atoms with Gasteiger partial charge in [-0.05, 0) is 41.8 Å². The number of hydrogen-bond donors (Lipinski definition) is 1. The third-order valence-corrected chi connectivity index (χ3v) is 3.74. The number of benzene rings is 2. The van der Waals surface area contributed by atoms with Crippen molar-refractivity contribution >= 4 is 11.6 Å². The van der Waals surface area contributed by atoms with Gasteiger partial charge < -0.3 is 15.2 Å². The molecule has 2 N–H and O–H groups in total. The lowest BCUT2D eigenvalue weighted by atomic mass is 10.1. The second-order valence-corrected chi connectivity index (χ2v) is 5.15. The number of ether oxygens (including phenoxy) is 2. The molecule has 0 aliphatic carbocycles. The van der Waals surface area contributed by atoms with Gasteiger partial charge in [-0.25, -0.2) is 0 Å². The van der Waals surface area contributed by atoms with Gasteiger partial charge in [-0.3, -0.25) is 0 Å². The Morgan fingerprint density at radius 1 is 1.10 bits per heavy atom. The molecule has 2 aromatic carbocycles. The Labute approximate surface area is 130 Å². The molecule has 0 heterocycles. The average molecular weight is 306 g/mol. The van der Waals surface area contributed by atoms with Gasteiger partial charge in [-0.15, -0.1) is 0 Å². The lowest BCUT2D eigenvalue weighted by Gasteiger charge is -2.11. The van der Waals surface area contributed by atoms with E-state index in [9.17, 15) is 0 Å². The van der Waals surface area contributed by atoms with E-state index >= 15 is 0 Å². The average Bonchev–Trinajstić information content (AvgIpc) is 2.53. The quantitative estimate of drug-likeness (QED) is 0.879. The fraction of sp³-hybridized carbons (Fsp3) is 0.294. The minimum absolute atomic E-state index is 0.460. The molecule has 0 unspecified atom stereocenters. The fourth-order valence-electron chi connectivity index (χ4n) is 2.13. The Kier molecular flexibility index (Phi) is 5.48. The lowest BCUT2D eigenvalue weighted by molar-refractivity contribution is 0.305. The molecule has 3 nitrogen and oxygen atoms in total. The van der Waals surface area contributed by atoms with Gasteiger partial charge in [-0.1, -0.05) is 30.7 Å². The summed E-state index contributed by atoms with van der Waals surface area (Å²) in [5, 5.41) is 0.777. The number of nitrogens with two attached hydrogens (primary N) is 1. The maximum absolute atomic E-state index is 6.10. The molecular weight excluding hydrogens is 286 g/mol. The zero-order valence-electron chi connectivity index (χ0n) is 12.4. The standard InChI is InChI=1S/C17H20ClNO2/c1-3-13-9-15(6-7-16(13)18)21-11-12-4-5-14(10-19)17(8-12)20-2/h4-9H,3,10-11,19H2,1-2H3. The van der Waals surface area contributed by atoms with Crippen molar-refractivity contribution in [3.05, 3.63) is 58.1 Å². The molecule has 0 saturated heterocycles. The molecule has 112 valence electrons. The summed E-state index contributed by atoms with van der Waals surface area (Å²) in [6.07, 6.45) is 0.884. The molecule has 4 heteroatoms. The Morgan fingerprint density at radius 3 is 2.57 bits per heavy atom. The molecule has 2 aromatic rings. The summed E-state index contributed by atoms with van der Waals surface area (Å²) in [4.78, 5) is 0. The first-order valence-corrected chi connectivity index (χ1v) is 7.32. The van der Waals surface area contributed by atoms with Gasteiger partial charge in [-0.2, -0.15) is 0 Å². The Morgan fingerprint density at radius 2 is 1.90 bits per heavy atom. The molecule has 2 rings (SSSR count). The monoisotopic (exact) mass is 305 g/mol. The van der Waals surface area contributed by atoms with E-state index in [0.717, 1.165) is 39.6 Å². The van der Waals surface area contributed by atoms with E-state index in [4.69, 9.17) is 26.8 Å². The van der Waals surface area contributed by atoms with E-state index in [2.05, 4.69) is 6.92 Å². The smallest absolute Gasteiger partial charge is 0.123 e. The number of aryl methyl sites for hydroxylation is 1. The fourth-order valence-corrected chi connectivity index (χ4v) is 2.38. The van der Waals surface area contributed by atoms with Crippen LogP contribution in [0.1, 0.15) is 23.6 Å². The van der Waals surface area contributed by atoms with Crippen molar-refractivity contribution in [2.45, 2.75) is 26.5 Å². The molecule has 0 spiro atoms. The van der Waals surface area contributed by atoms with Crippen LogP contribution in [0.4, 0.5) is 0 Å². The van der Waals surface area contributed by atoms with Crippen molar-refractivity contribution in [2.24, 2.45) is 5.73 Å². The summed E-state index contributed by atoms with van der Waals surface area (Å²) >= 11 is 6.10. The van der Waals surface area contributed by atoms with Crippen LogP contribution in [0.5, 0.6) is 11.5 Å². The summed E-state index contributed by atoms with van der Waals surface area (Å²) in [6, 6.07) is 11.7. The zero-order chi connectivity index (χ0) is 15.2. The highest BCUT2D eigenvalue weighted by molar-refractivity contribution is 6.31. The topological polar surface area (TPSA) is 44.5 Å². The first-order valence-electron chi connectivity index (χ1n) is 6.95. The number of halogens is 1. The minimum Gasteiger partial charge on any atom is -0.496 e. The van der Waals surface area contributed by atoms with Crippen molar-refractivity contribution in [1.29, 1.82) is 0 Å². The summed E-state index contributed by atoms with van der Waals surface area (Å²) in [5.41, 5.74) is 8.78. The molecular formula is C17H20ClNO2. The van der Waals surface area contributed by atoms with Crippen LogP contribution in [0, 0.1) is 0 Å². The lowest BCUT2D eigenvalue weighted by Crippen LogP contribution is -2.02. The van der Waals surface area contributed by atoms with Crippen LogP contribution < -0.4 is 15.2 Å². The molecule has 0 atom stereocenters. The molecule has 0 aliphatic rings. The van der Waals surface area contributed by atoms with Crippen LogP contribution in [0.3, 0.4) is 0 Å². The van der Waals surface area contributed by atoms with Crippen LogP contribution in [0.15, 0.2) is 36.4 Å². The number of rotatable bonds is 6. The van der Waals surface area contributed by atoms with Crippen LogP contribution in [0.2, 0.25) is 5.02 Å². The second kappa shape index (κ2) is 7.34. The van der Waals surface area contributed by atoms with E-state index in [1.54, 1.807) is 7.11 Å². The molecule has 0 saturated carbocycles. The van der Waals surface area contributed by atoms with Gasteiger partial charge in [0.25, 0.3) is 0 Å². The number of methoxy groups -OCH3 is 1. The van der Waals surface area contributed by atoms with E-state index < -0.39 is 0 Å². The van der Waals surface area contributed by atoms with Crippen molar-refractivity contribution in [1.82, 2.24) is 0 Å². The third-order valence-electron chi connectivity index (χ3n) is 3.37. The molecule has 0 bridgehead atoms. The van der Waals surface area contributed by atoms with Gasteiger partial charge in [0.1, 0.15) is 18.1 Å². The first kappa shape index (κ1) is 15.7. The number of hydrogen-bond acceptors (Lipinski definition) is 3. The van der Waals surface area contributed by atoms with Gasteiger partial charge in [0.05, 0.1) is 7.11 Å². The highest BCUT2D eigenvalue weighted by atomic mass is 35.5. The Hall–Kier alpha value is -1.71. The largest absolute Gasteiger partial charge is 0.496 e. The molecule has 0 aliphatic heterocycles. The summed E-state index contributed by atoms with van der Waals surface area (Å²) in [5.74, 6) is 1.61. The Balaban J connectivity index is 2.09. The normalized spacial score (nSPS) is 10.5. The third kappa shape index (κ3) is 3.90. The van der Waals surface area contributed by atoms with Crippen LogP contribution in [-0.2, 0) is 19.6 Å². The van der Waals surface area contributed by atoms with Gasteiger partial charge in [0.15, 0.2) is 0 Å². The van der Waals surface area contributed by atoms with E-state index in [-0.39, 0.29) is 0 Å². The minimum atomic E-state index is 0.460. The van der Waals surface area contributed by atoms with Crippen molar-refractivity contribution in [3.63, 3.8) is 0 Å². The van der Waals surface area contributed by atoms with Gasteiger partial charge in [0.2, 0.25) is 0 Å².